The van der Waals surface area contributed by atoms with Crippen molar-refractivity contribution in [3.63, 3.8) is 0 Å². The van der Waals surface area contributed by atoms with Crippen molar-refractivity contribution in [2.24, 2.45) is 4.99 Å². The van der Waals surface area contributed by atoms with Gasteiger partial charge in [0.25, 0.3) is 0 Å². The van der Waals surface area contributed by atoms with E-state index in [1.54, 1.807) is 39.0 Å². The molecule has 0 aromatic heterocycles. The Hall–Kier alpha value is -1.17. The summed E-state index contributed by atoms with van der Waals surface area (Å²) in [5.41, 5.74) is 0.507. The highest BCUT2D eigenvalue weighted by molar-refractivity contribution is 14.0. The van der Waals surface area contributed by atoms with Gasteiger partial charge in [-0.1, -0.05) is 18.2 Å². The van der Waals surface area contributed by atoms with Crippen LogP contribution in [0.3, 0.4) is 0 Å². The smallest absolute Gasteiger partial charge is 0.387 e. The molecule has 1 aromatic rings. The summed E-state index contributed by atoms with van der Waals surface area (Å²) >= 11 is 0. The van der Waals surface area contributed by atoms with Gasteiger partial charge in [-0.25, -0.2) is 13.4 Å². The number of aliphatic imine (C=N–C) groups is 1. The van der Waals surface area contributed by atoms with Gasteiger partial charge in [-0.15, -0.1) is 24.0 Å². The summed E-state index contributed by atoms with van der Waals surface area (Å²) in [6.07, 6.45) is 0. The Balaban J connectivity index is 0.00000676. The van der Waals surface area contributed by atoms with Crippen molar-refractivity contribution in [3.8, 4) is 5.75 Å². The maximum absolute atomic E-state index is 12.5. The van der Waals surface area contributed by atoms with Crippen LogP contribution in [-0.4, -0.2) is 44.6 Å². The monoisotopic (exact) mass is 519 g/mol. The fourth-order valence-corrected chi connectivity index (χ4v) is 2.94. The third-order valence-corrected chi connectivity index (χ3v) is 6.14. The molecular formula is C17H28F2IN3O3S. The molecule has 0 saturated heterocycles. The van der Waals surface area contributed by atoms with E-state index in [4.69, 9.17) is 0 Å². The van der Waals surface area contributed by atoms with Crippen LogP contribution in [0.1, 0.15) is 33.3 Å². The number of hydrogen-bond acceptors (Lipinski definition) is 4. The second-order valence-corrected chi connectivity index (χ2v) is 9.40. The van der Waals surface area contributed by atoms with E-state index in [2.05, 4.69) is 20.4 Å². The second-order valence-electron chi connectivity index (χ2n) is 6.54. The lowest BCUT2D eigenvalue weighted by Crippen LogP contribution is -2.41. The zero-order valence-electron chi connectivity index (χ0n) is 16.0. The number of halogens is 3. The van der Waals surface area contributed by atoms with Gasteiger partial charge in [0.1, 0.15) is 5.75 Å². The summed E-state index contributed by atoms with van der Waals surface area (Å²) in [4.78, 5) is 4.31. The summed E-state index contributed by atoms with van der Waals surface area (Å²) in [5.74, 6) is 0.437. The maximum atomic E-state index is 12.5. The zero-order chi connectivity index (χ0) is 19.8. The topological polar surface area (TPSA) is 79.8 Å². The van der Waals surface area contributed by atoms with Crippen LogP contribution < -0.4 is 15.4 Å². The molecule has 156 valence electrons. The lowest BCUT2D eigenvalue weighted by molar-refractivity contribution is -0.0504. The van der Waals surface area contributed by atoms with E-state index in [1.165, 1.54) is 6.07 Å². The molecule has 0 saturated carbocycles. The molecule has 6 nitrogen and oxygen atoms in total. The third-order valence-electron chi connectivity index (χ3n) is 3.54. The fourth-order valence-electron chi connectivity index (χ4n) is 1.96. The van der Waals surface area contributed by atoms with Gasteiger partial charge in [0, 0.05) is 18.7 Å². The summed E-state index contributed by atoms with van der Waals surface area (Å²) in [5, 5.41) is 5.94. The maximum Gasteiger partial charge on any atom is 0.387 e. The molecule has 2 N–H and O–H groups in total. The van der Waals surface area contributed by atoms with Gasteiger partial charge in [0.2, 0.25) is 0 Å². The minimum Gasteiger partial charge on any atom is -0.434 e. The van der Waals surface area contributed by atoms with Crippen molar-refractivity contribution in [1.29, 1.82) is 0 Å². The average molecular weight is 519 g/mol. The first kappa shape index (κ1) is 25.8. The molecule has 10 heteroatoms. The highest BCUT2D eigenvalue weighted by Gasteiger charge is 2.28. The van der Waals surface area contributed by atoms with Crippen molar-refractivity contribution < 1.29 is 21.9 Å². The lowest BCUT2D eigenvalue weighted by Gasteiger charge is -2.19. The number of hydrogen-bond donors (Lipinski definition) is 2. The van der Waals surface area contributed by atoms with Crippen LogP contribution in [0.25, 0.3) is 0 Å². The molecule has 0 aliphatic carbocycles. The van der Waals surface area contributed by atoms with Crippen LogP contribution in [0.5, 0.6) is 5.75 Å². The largest absolute Gasteiger partial charge is 0.434 e. The molecular weight excluding hydrogens is 491 g/mol. The summed E-state index contributed by atoms with van der Waals surface area (Å²) in [6.45, 7) is 4.81. The first-order chi connectivity index (χ1) is 12.1. The minimum atomic E-state index is -3.24. The van der Waals surface area contributed by atoms with Gasteiger partial charge >= 0.3 is 6.61 Å². The lowest BCUT2D eigenvalue weighted by atomic mass is 10.2. The first-order valence-electron chi connectivity index (χ1n) is 8.34. The molecule has 1 aromatic carbocycles. The van der Waals surface area contributed by atoms with Gasteiger partial charge in [-0.2, -0.15) is 8.78 Å². The third kappa shape index (κ3) is 9.04. The van der Waals surface area contributed by atoms with Crippen LogP contribution in [0.4, 0.5) is 8.78 Å². The number of nitrogens with zero attached hydrogens (tertiary/aromatic N) is 1. The highest BCUT2D eigenvalue weighted by Crippen LogP contribution is 2.21. The molecule has 0 fully saturated rings. The summed E-state index contributed by atoms with van der Waals surface area (Å²) in [7, 11) is -3.24. The Bertz CT molecular complexity index is 708. The number of nitrogens with one attached hydrogen (secondary N) is 2. The Morgan fingerprint density at radius 2 is 1.85 bits per heavy atom. The predicted octanol–water partition coefficient (Wildman–Crippen LogP) is 3.17. The molecule has 0 aliphatic rings. The number of rotatable bonds is 8. The van der Waals surface area contributed by atoms with Crippen LogP contribution in [0.2, 0.25) is 0 Å². The fraction of sp³-hybridized carbons (Fsp3) is 0.588. The quantitative estimate of drug-likeness (QED) is 0.314. The average Bonchev–Trinajstić information content (AvgIpc) is 2.52. The first-order valence-corrected chi connectivity index (χ1v) is 9.99. The molecule has 0 heterocycles. The summed E-state index contributed by atoms with van der Waals surface area (Å²) < 4.78 is 52.8. The SMILES string of the molecule is CCNC(=NCc1ccccc1OC(F)F)NCCS(=O)(=O)C(C)(C)C.I. The van der Waals surface area contributed by atoms with Gasteiger partial charge in [0.15, 0.2) is 15.8 Å². The number of ether oxygens (including phenoxy) is 1. The van der Waals surface area contributed by atoms with Crippen LogP contribution in [0.15, 0.2) is 29.3 Å². The molecule has 0 aliphatic heterocycles. The second kappa shape index (κ2) is 11.6. The number of alkyl halides is 2. The van der Waals surface area contributed by atoms with Crippen molar-refractivity contribution in [1.82, 2.24) is 10.6 Å². The number of para-hydroxylation sites is 1. The Labute approximate surface area is 177 Å². The standard InChI is InChI=1S/C17H27F2N3O3S.HI/c1-5-20-16(21-10-11-26(23,24)17(2,3)4)22-12-13-8-6-7-9-14(13)25-15(18)19;/h6-9,15H,5,10-12H2,1-4H3,(H2,20,21,22);1H. The molecule has 0 spiro atoms. The molecule has 0 atom stereocenters. The predicted molar refractivity (Wildman–Crippen MR) is 115 cm³/mol. The summed E-state index contributed by atoms with van der Waals surface area (Å²) in [6, 6.07) is 6.41. The zero-order valence-corrected chi connectivity index (χ0v) is 19.1. The van der Waals surface area contributed by atoms with E-state index < -0.39 is 21.2 Å². The van der Waals surface area contributed by atoms with Gasteiger partial charge in [0.05, 0.1) is 17.0 Å². The Morgan fingerprint density at radius 1 is 1.22 bits per heavy atom. The number of guanidine groups is 1. The van der Waals surface area contributed by atoms with E-state index >= 15 is 0 Å². The molecule has 0 unspecified atom stereocenters. The van der Waals surface area contributed by atoms with Crippen LogP contribution >= 0.6 is 24.0 Å². The van der Waals surface area contributed by atoms with Crippen molar-refractivity contribution in [2.75, 3.05) is 18.8 Å². The van der Waals surface area contributed by atoms with E-state index in [9.17, 15) is 17.2 Å². The number of sulfone groups is 1. The van der Waals surface area contributed by atoms with E-state index in [-0.39, 0.29) is 48.6 Å². The van der Waals surface area contributed by atoms with Gasteiger partial charge in [-0.3, -0.25) is 0 Å². The van der Waals surface area contributed by atoms with Crippen molar-refractivity contribution in [3.05, 3.63) is 29.8 Å². The van der Waals surface area contributed by atoms with Gasteiger partial charge < -0.3 is 15.4 Å². The minimum absolute atomic E-state index is 0. The van der Waals surface area contributed by atoms with Crippen LogP contribution in [-0.2, 0) is 16.4 Å². The number of benzene rings is 1. The van der Waals surface area contributed by atoms with E-state index in [0.717, 1.165) is 0 Å². The van der Waals surface area contributed by atoms with Crippen molar-refractivity contribution >= 4 is 39.8 Å². The molecule has 1 rings (SSSR count). The normalized spacial score (nSPS) is 12.5. The van der Waals surface area contributed by atoms with Gasteiger partial charge in [-0.05, 0) is 33.8 Å². The van der Waals surface area contributed by atoms with Crippen molar-refractivity contribution in [2.45, 2.75) is 45.6 Å². The molecule has 0 bridgehead atoms. The Kier molecular flexibility index (Phi) is 11.1. The molecule has 0 amide bonds. The molecule has 0 radical (unpaired) electrons. The van der Waals surface area contributed by atoms with E-state index in [0.29, 0.717) is 18.1 Å². The molecule has 27 heavy (non-hydrogen) atoms. The van der Waals surface area contributed by atoms with E-state index in [1.807, 2.05) is 6.92 Å². The van der Waals surface area contributed by atoms with Crippen LogP contribution in [0, 0.1) is 0 Å². The highest BCUT2D eigenvalue weighted by atomic mass is 127. The Morgan fingerprint density at radius 3 is 2.41 bits per heavy atom.